The number of halogens is 1. The van der Waals surface area contributed by atoms with Gasteiger partial charge in [0.1, 0.15) is 0 Å². The highest BCUT2D eigenvalue weighted by atomic mass is 35.5. The average molecular weight is 264 g/mol. The number of nitrogens with zero attached hydrogens (tertiary/aromatic N) is 2. The quantitative estimate of drug-likeness (QED) is 0.925. The maximum atomic E-state index is 6.28. The van der Waals surface area contributed by atoms with E-state index in [9.17, 15) is 0 Å². The first-order chi connectivity index (χ1) is 8.47. The van der Waals surface area contributed by atoms with E-state index in [1.807, 2.05) is 36.9 Å². The Morgan fingerprint density at radius 3 is 2.67 bits per heavy atom. The van der Waals surface area contributed by atoms with E-state index in [0.29, 0.717) is 0 Å². The van der Waals surface area contributed by atoms with Crippen LogP contribution in [0.3, 0.4) is 0 Å². The molecule has 0 saturated heterocycles. The lowest BCUT2D eigenvalue weighted by Gasteiger charge is -2.15. The molecule has 0 aliphatic rings. The number of hydrogen-bond donors (Lipinski definition) is 1. The van der Waals surface area contributed by atoms with Crippen LogP contribution in [0.25, 0.3) is 0 Å². The minimum atomic E-state index is -0.0569. The summed E-state index contributed by atoms with van der Waals surface area (Å²) in [5.74, 6) is 0. The highest BCUT2D eigenvalue weighted by Crippen LogP contribution is 2.23. The molecule has 0 spiro atoms. The van der Waals surface area contributed by atoms with Crippen LogP contribution < -0.4 is 5.73 Å². The molecule has 0 aliphatic heterocycles. The fourth-order valence-electron chi connectivity index (χ4n) is 2.20. The first-order valence-corrected chi connectivity index (χ1v) is 6.36. The van der Waals surface area contributed by atoms with Crippen molar-refractivity contribution in [3.63, 3.8) is 0 Å². The largest absolute Gasteiger partial charge is 0.324 e. The van der Waals surface area contributed by atoms with Crippen LogP contribution in [-0.4, -0.2) is 9.78 Å². The number of benzene rings is 1. The molecule has 4 heteroatoms. The van der Waals surface area contributed by atoms with Gasteiger partial charge in [-0.15, -0.1) is 0 Å². The third kappa shape index (κ3) is 2.74. The monoisotopic (exact) mass is 263 g/mol. The predicted molar refractivity (Wildman–Crippen MR) is 74.8 cm³/mol. The minimum Gasteiger partial charge on any atom is -0.324 e. The summed E-state index contributed by atoms with van der Waals surface area (Å²) in [6, 6.07) is 7.86. The summed E-state index contributed by atoms with van der Waals surface area (Å²) in [5.41, 5.74) is 10.7. The molecule has 2 N–H and O–H groups in total. The van der Waals surface area contributed by atoms with Crippen molar-refractivity contribution >= 4 is 11.6 Å². The molecule has 1 aromatic carbocycles. The second-order valence-electron chi connectivity index (χ2n) is 4.71. The number of hydrogen-bond acceptors (Lipinski definition) is 2. The van der Waals surface area contributed by atoms with Gasteiger partial charge in [0.25, 0.3) is 0 Å². The van der Waals surface area contributed by atoms with Crippen LogP contribution in [-0.2, 0) is 13.5 Å². The Hall–Kier alpha value is -1.32. The van der Waals surface area contributed by atoms with E-state index < -0.39 is 0 Å². The molecule has 0 amide bonds. The van der Waals surface area contributed by atoms with E-state index in [1.54, 1.807) is 0 Å². The van der Waals surface area contributed by atoms with Gasteiger partial charge in [0.05, 0.1) is 5.69 Å². The average Bonchev–Trinajstić information content (AvgIpc) is 2.61. The van der Waals surface area contributed by atoms with E-state index in [-0.39, 0.29) is 6.04 Å². The maximum absolute atomic E-state index is 6.28. The van der Waals surface area contributed by atoms with Gasteiger partial charge >= 0.3 is 0 Å². The number of nitrogens with two attached hydrogens (primary N) is 1. The van der Waals surface area contributed by atoms with Gasteiger partial charge in [0.15, 0.2) is 0 Å². The van der Waals surface area contributed by atoms with Gasteiger partial charge < -0.3 is 5.73 Å². The molecule has 0 saturated carbocycles. The highest BCUT2D eigenvalue weighted by Gasteiger charge is 2.13. The van der Waals surface area contributed by atoms with Crippen molar-refractivity contribution in [2.45, 2.75) is 26.3 Å². The van der Waals surface area contributed by atoms with Crippen molar-refractivity contribution in [2.75, 3.05) is 0 Å². The Kier molecular flexibility index (Phi) is 3.73. The van der Waals surface area contributed by atoms with Crippen LogP contribution in [0.1, 0.15) is 28.6 Å². The third-order valence-electron chi connectivity index (χ3n) is 3.17. The molecule has 2 rings (SSSR count). The molecule has 3 nitrogen and oxygen atoms in total. The van der Waals surface area contributed by atoms with Gasteiger partial charge in [-0.05, 0) is 43.2 Å². The lowest BCUT2D eigenvalue weighted by Crippen LogP contribution is -2.16. The van der Waals surface area contributed by atoms with Crippen LogP contribution in [0.4, 0.5) is 0 Å². The second kappa shape index (κ2) is 5.12. The van der Waals surface area contributed by atoms with E-state index in [4.69, 9.17) is 17.3 Å². The Bertz CT molecular complexity index is 560. The van der Waals surface area contributed by atoms with Crippen LogP contribution in [0.5, 0.6) is 0 Å². The molecule has 96 valence electrons. The lowest BCUT2D eigenvalue weighted by atomic mass is 9.98. The summed E-state index contributed by atoms with van der Waals surface area (Å²) >= 11 is 6.03. The molecule has 0 fully saturated rings. The molecule has 1 unspecified atom stereocenters. The smallest absolute Gasteiger partial charge is 0.0596 e. The number of rotatable bonds is 3. The zero-order valence-corrected chi connectivity index (χ0v) is 11.7. The van der Waals surface area contributed by atoms with Crippen molar-refractivity contribution < 1.29 is 0 Å². The maximum Gasteiger partial charge on any atom is 0.0596 e. The van der Waals surface area contributed by atoms with Crippen molar-refractivity contribution in [1.82, 2.24) is 9.78 Å². The number of aryl methyl sites for hydroxylation is 3. The number of aromatic nitrogens is 2. The van der Waals surface area contributed by atoms with E-state index in [0.717, 1.165) is 28.4 Å². The normalized spacial score (nSPS) is 12.7. The van der Waals surface area contributed by atoms with Gasteiger partial charge in [-0.25, -0.2) is 0 Å². The van der Waals surface area contributed by atoms with Gasteiger partial charge in [-0.1, -0.05) is 17.7 Å². The molecular formula is C14H18ClN3. The molecule has 1 heterocycles. The van der Waals surface area contributed by atoms with Crippen molar-refractivity contribution in [1.29, 1.82) is 0 Å². The second-order valence-corrected chi connectivity index (χ2v) is 5.15. The van der Waals surface area contributed by atoms with Crippen LogP contribution >= 0.6 is 11.6 Å². The first kappa shape index (κ1) is 13.1. The molecule has 0 radical (unpaired) electrons. The van der Waals surface area contributed by atoms with Gasteiger partial charge in [0, 0.05) is 30.2 Å². The van der Waals surface area contributed by atoms with Crippen LogP contribution in [0.2, 0.25) is 5.02 Å². The summed E-state index contributed by atoms with van der Waals surface area (Å²) in [7, 11) is 1.94. The zero-order chi connectivity index (χ0) is 13.3. The van der Waals surface area contributed by atoms with Gasteiger partial charge in [-0.3, -0.25) is 4.68 Å². The summed E-state index contributed by atoms with van der Waals surface area (Å²) in [6.07, 6.45) is 0.762. The SMILES string of the molecule is Cc1cc(CC(N)c2cc(Cl)ccc2C)n(C)n1. The fourth-order valence-corrected chi connectivity index (χ4v) is 2.38. The first-order valence-electron chi connectivity index (χ1n) is 5.98. The van der Waals surface area contributed by atoms with Gasteiger partial charge in [0.2, 0.25) is 0 Å². The molecule has 0 bridgehead atoms. The summed E-state index contributed by atoms with van der Waals surface area (Å²) in [6.45, 7) is 4.04. The summed E-state index contributed by atoms with van der Waals surface area (Å²) < 4.78 is 1.88. The molecule has 2 aromatic rings. The van der Waals surface area contributed by atoms with Crippen molar-refractivity contribution in [3.8, 4) is 0 Å². The highest BCUT2D eigenvalue weighted by molar-refractivity contribution is 6.30. The molecule has 1 aromatic heterocycles. The van der Waals surface area contributed by atoms with E-state index >= 15 is 0 Å². The molecular weight excluding hydrogens is 246 g/mol. The molecule has 0 aliphatic carbocycles. The third-order valence-corrected chi connectivity index (χ3v) is 3.40. The molecule has 18 heavy (non-hydrogen) atoms. The predicted octanol–water partition coefficient (Wildman–Crippen LogP) is 2.93. The van der Waals surface area contributed by atoms with Crippen LogP contribution in [0.15, 0.2) is 24.3 Å². The minimum absolute atomic E-state index is 0.0569. The molecule has 1 atom stereocenters. The summed E-state index contributed by atoms with van der Waals surface area (Å²) in [5, 5.41) is 5.06. The Balaban J connectivity index is 2.24. The Morgan fingerprint density at radius 2 is 2.06 bits per heavy atom. The van der Waals surface area contributed by atoms with E-state index in [2.05, 4.69) is 18.1 Å². The fraction of sp³-hybridized carbons (Fsp3) is 0.357. The summed E-state index contributed by atoms with van der Waals surface area (Å²) in [4.78, 5) is 0. The van der Waals surface area contributed by atoms with Gasteiger partial charge in [-0.2, -0.15) is 5.10 Å². The lowest BCUT2D eigenvalue weighted by molar-refractivity contribution is 0.637. The standard InChI is InChI=1S/C14H18ClN3/c1-9-4-5-11(15)7-13(9)14(16)8-12-6-10(2)17-18(12)3/h4-7,14H,8,16H2,1-3H3. The van der Waals surface area contributed by atoms with E-state index in [1.165, 1.54) is 5.56 Å². The van der Waals surface area contributed by atoms with Crippen molar-refractivity contribution in [3.05, 3.63) is 51.8 Å². The Morgan fingerprint density at radius 1 is 1.33 bits per heavy atom. The van der Waals surface area contributed by atoms with Crippen molar-refractivity contribution in [2.24, 2.45) is 12.8 Å². The zero-order valence-electron chi connectivity index (χ0n) is 10.9. The van der Waals surface area contributed by atoms with Crippen LogP contribution in [0, 0.1) is 13.8 Å². The Labute approximate surface area is 113 Å². The topological polar surface area (TPSA) is 43.8 Å².